The maximum atomic E-state index is 12.9. The van der Waals surface area contributed by atoms with Gasteiger partial charge in [0.05, 0.1) is 17.0 Å². The van der Waals surface area contributed by atoms with Gasteiger partial charge in [0.1, 0.15) is 0 Å². The first kappa shape index (κ1) is 24.2. The molecule has 0 aliphatic carbocycles. The van der Waals surface area contributed by atoms with Gasteiger partial charge in [0.25, 0.3) is 0 Å². The number of nitrogens with zero attached hydrogens (tertiary/aromatic N) is 2. The fourth-order valence-corrected chi connectivity index (χ4v) is 5.00. The number of nitrogens with one attached hydrogen (secondary N) is 1. The zero-order chi connectivity index (χ0) is 23.4. The largest absolute Gasteiger partial charge is 0.416 e. The monoisotopic (exact) mass is 469 g/mol. The minimum atomic E-state index is -4.62. The summed E-state index contributed by atoms with van der Waals surface area (Å²) >= 11 is 0. The summed E-state index contributed by atoms with van der Waals surface area (Å²) in [4.78, 5) is 13.7. The van der Waals surface area contributed by atoms with Crippen molar-refractivity contribution in [2.75, 3.05) is 39.3 Å². The Hall–Kier alpha value is -2.43. The summed E-state index contributed by atoms with van der Waals surface area (Å²) in [7, 11) is -4.04. The number of rotatable bonds is 7. The first-order chi connectivity index (χ1) is 15.1. The van der Waals surface area contributed by atoms with Crippen LogP contribution in [0.5, 0.6) is 0 Å². The van der Waals surface area contributed by atoms with E-state index in [0.717, 1.165) is 28.1 Å². The summed E-state index contributed by atoms with van der Waals surface area (Å²) in [5.41, 5.74) is 0.125. The van der Waals surface area contributed by atoms with Crippen LogP contribution in [-0.2, 0) is 21.0 Å². The van der Waals surface area contributed by atoms with E-state index in [-0.39, 0.29) is 36.4 Å². The maximum absolute atomic E-state index is 12.9. The highest BCUT2D eigenvalue weighted by Gasteiger charge is 2.34. The average Bonchev–Trinajstić information content (AvgIpc) is 2.78. The first-order valence-corrected chi connectivity index (χ1v) is 11.7. The lowest BCUT2D eigenvalue weighted by Gasteiger charge is -2.33. The number of benzene rings is 2. The van der Waals surface area contributed by atoms with Crippen molar-refractivity contribution in [2.45, 2.75) is 23.9 Å². The molecule has 0 unspecified atom stereocenters. The Labute approximate surface area is 186 Å². The van der Waals surface area contributed by atoms with Crippen molar-refractivity contribution in [3.8, 4) is 0 Å². The van der Waals surface area contributed by atoms with Crippen LogP contribution in [0.2, 0.25) is 0 Å². The molecule has 0 bridgehead atoms. The molecule has 1 amide bonds. The van der Waals surface area contributed by atoms with Crippen molar-refractivity contribution < 1.29 is 26.4 Å². The van der Waals surface area contributed by atoms with E-state index in [0.29, 0.717) is 25.7 Å². The number of piperazine rings is 1. The summed E-state index contributed by atoms with van der Waals surface area (Å²) in [5.74, 6) is 0.0107. The molecule has 2 aromatic rings. The van der Waals surface area contributed by atoms with Gasteiger partial charge in [0.15, 0.2) is 0 Å². The highest BCUT2D eigenvalue weighted by atomic mass is 32.2. The molecule has 1 fully saturated rings. The molecule has 0 radical (unpaired) electrons. The molecule has 10 heteroatoms. The van der Waals surface area contributed by atoms with Gasteiger partial charge in [-0.15, -0.1) is 0 Å². The lowest BCUT2D eigenvalue weighted by molar-refractivity contribution is -0.137. The van der Waals surface area contributed by atoms with E-state index >= 15 is 0 Å². The smallest absolute Gasteiger partial charge is 0.354 e. The number of halogens is 3. The minimum Gasteiger partial charge on any atom is -0.354 e. The van der Waals surface area contributed by atoms with Crippen LogP contribution in [0.25, 0.3) is 0 Å². The topological polar surface area (TPSA) is 69.7 Å². The number of amides is 1. The van der Waals surface area contributed by atoms with Crippen LogP contribution in [-0.4, -0.2) is 62.8 Å². The Kier molecular flexibility index (Phi) is 7.58. The van der Waals surface area contributed by atoms with Crippen molar-refractivity contribution in [2.24, 2.45) is 0 Å². The normalized spacial score (nSPS) is 17.1. The third kappa shape index (κ3) is 6.08. The molecule has 0 aromatic heterocycles. The number of alkyl halides is 3. The zero-order valence-electron chi connectivity index (χ0n) is 17.7. The SMILES string of the molecule is C[C@H](CNC(=O)CN1CCN(S(=O)(=O)c2cccc(C(F)(F)F)c2)CC1)c1ccccc1. The van der Waals surface area contributed by atoms with Gasteiger partial charge in [0, 0.05) is 32.7 Å². The Morgan fingerprint density at radius 2 is 1.69 bits per heavy atom. The number of hydrogen-bond acceptors (Lipinski definition) is 4. The standard InChI is InChI=1S/C22H26F3N3O3S/c1-17(18-6-3-2-4-7-18)15-26-21(29)16-27-10-12-28(13-11-27)32(30,31)20-9-5-8-19(14-20)22(23,24)25/h2-9,14,17H,10-13,15-16H2,1H3,(H,26,29)/t17-/m1/s1. The van der Waals surface area contributed by atoms with Crippen LogP contribution in [0, 0.1) is 0 Å². The molecule has 1 saturated heterocycles. The molecule has 174 valence electrons. The zero-order valence-corrected chi connectivity index (χ0v) is 18.5. The molecule has 0 saturated carbocycles. The van der Waals surface area contributed by atoms with Crippen LogP contribution >= 0.6 is 0 Å². The van der Waals surface area contributed by atoms with Crippen molar-refractivity contribution in [1.82, 2.24) is 14.5 Å². The molecule has 1 aliphatic rings. The maximum Gasteiger partial charge on any atom is 0.416 e. The fraction of sp³-hybridized carbons (Fsp3) is 0.409. The Bertz CT molecular complexity index is 1020. The van der Waals surface area contributed by atoms with E-state index in [1.54, 1.807) is 0 Å². The van der Waals surface area contributed by atoms with Gasteiger partial charge < -0.3 is 5.32 Å². The van der Waals surface area contributed by atoms with E-state index in [1.165, 1.54) is 0 Å². The predicted octanol–water partition coefficient (Wildman–Crippen LogP) is 2.93. The summed E-state index contributed by atoms with van der Waals surface area (Å²) in [6, 6.07) is 13.6. The third-order valence-electron chi connectivity index (χ3n) is 5.47. The van der Waals surface area contributed by atoms with Crippen LogP contribution in [0.3, 0.4) is 0 Å². The number of carbonyl (C=O) groups excluding carboxylic acids is 1. The van der Waals surface area contributed by atoms with Crippen molar-refractivity contribution >= 4 is 15.9 Å². The minimum absolute atomic E-state index is 0.103. The van der Waals surface area contributed by atoms with E-state index < -0.39 is 21.8 Å². The molecule has 1 aliphatic heterocycles. The quantitative estimate of drug-likeness (QED) is 0.677. The van der Waals surface area contributed by atoms with Gasteiger partial charge in [-0.1, -0.05) is 43.3 Å². The summed E-state index contributed by atoms with van der Waals surface area (Å²) in [6.07, 6.45) is -4.62. The third-order valence-corrected chi connectivity index (χ3v) is 7.37. The molecule has 1 N–H and O–H groups in total. The Morgan fingerprint density at radius 3 is 2.31 bits per heavy atom. The highest BCUT2D eigenvalue weighted by molar-refractivity contribution is 7.89. The second kappa shape index (κ2) is 10.0. The summed E-state index contributed by atoms with van der Waals surface area (Å²) < 4.78 is 65.5. The van der Waals surface area contributed by atoms with Crippen LogP contribution in [0.4, 0.5) is 13.2 Å². The van der Waals surface area contributed by atoms with Gasteiger partial charge in [0.2, 0.25) is 15.9 Å². The summed E-state index contributed by atoms with van der Waals surface area (Å²) in [5, 5.41) is 2.90. The average molecular weight is 470 g/mol. The highest BCUT2D eigenvalue weighted by Crippen LogP contribution is 2.31. The molecule has 1 atom stereocenters. The van der Waals surface area contributed by atoms with Crippen molar-refractivity contribution in [3.63, 3.8) is 0 Å². The lowest BCUT2D eigenvalue weighted by atomic mass is 10.0. The second-order valence-electron chi connectivity index (χ2n) is 7.82. The van der Waals surface area contributed by atoms with Crippen LogP contribution in [0.15, 0.2) is 59.5 Å². The van der Waals surface area contributed by atoms with Crippen LogP contribution in [0.1, 0.15) is 24.0 Å². The predicted molar refractivity (Wildman–Crippen MR) is 115 cm³/mol. The summed E-state index contributed by atoms with van der Waals surface area (Å²) in [6.45, 7) is 3.50. The molecule has 0 spiro atoms. The molecule has 32 heavy (non-hydrogen) atoms. The number of hydrogen-bond donors (Lipinski definition) is 1. The van der Waals surface area contributed by atoms with E-state index in [2.05, 4.69) is 5.32 Å². The molecular formula is C22H26F3N3O3S. The van der Waals surface area contributed by atoms with Crippen LogP contribution < -0.4 is 5.32 Å². The molecule has 2 aromatic carbocycles. The Balaban J connectivity index is 1.51. The number of sulfonamides is 1. The van der Waals surface area contributed by atoms with Crippen molar-refractivity contribution in [3.05, 3.63) is 65.7 Å². The fourth-order valence-electron chi connectivity index (χ4n) is 3.54. The van der Waals surface area contributed by atoms with Gasteiger partial charge in [-0.25, -0.2) is 8.42 Å². The molecule has 6 nitrogen and oxygen atoms in total. The molecule has 1 heterocycles. The van der Waals surface area contributed by atoms with E-state index in [9.17, 15) is 26.4 Å². The molecule has 3 rings (SSSR count). The van der Waals surface area contributed by atoms with Gasteiger partial charge in [-0.3, -0.25) is 9.69 Å². The Morgan fingerprint density at radius 1 is 1.03 bits per heavy atom. The van der Waals surface area contributed by atoms with Gasteiger partial charge in [-0.05, 0) is 29.7 Å². The first-order valence-electron chi connectivity index (χ1n) is 10.3. The van der Waals surface area contributed by atoms with Gasteiger partial charge >= 0.3 is 6.18 Å². The lowest BCUT2D eigenvalue weighted by Crippen LogP contribution is -2.51. The van der Waals surface area contributed by atoms with Gasteiger partial charge in [-0.2, -0.15) is 17.5 Å². The second-order valence-corrected chi connectivity index (χ2v) is 9.76. The van der Waals surface area contributed by atoms with Crippen molar-refractivity contribution in [1.29, 1.82) is 0 Å². The number of carbonyl (C=O) groups is 1. The molecular weight excluding hydrogens is 443 g/mol. The van der Waals surface area contributed by atoms with E-state index in [4.69, 9.17) is 0 Å². The van der Waals surface area contributed by atoms with E-state index in [1.807, 2.05) is 42.2 Å².